The van der Waals surface area contributed by atoms with E-state index in [1.807, 2.05) is 0 Å². The number of benzene rings is 2. The number of ketones is 1. The summed E-state index contributed by atoms with van der Waals surface area (Å²) in [6, 6.07) is 9.88. The summed E-state index contributed by atoms with van der Waals surface area (Å²) in [5.41, 5.74) is 0.856. The molecule has 0 spiro atoms. The lowest BCUT2D eigenvalue weighted by atomic mass is 10.0. The molecule has 1 aliphatic heterocycles. The Hall–Kier alpha value is -1.71. The van der Waals surface area contributed by atoms with Crippen LogP contribution in [0.1, 0.15) is 15.9 Å². The van der Waals surface area contributed by atoms with Gasteiger partial charge in [0.25, 0.3) is 0 Å². The van der Waals surface area contributed by atoms with E-state index in [4.69, 9.17) is 32.7 Å². The molecule has 1 heterocycles. The van der Waals surface area contributed by atoms with Gasteiger partial charge in [0, 0.05) is 16.1 Å². The molecule has 0 unspecified atom stereocenters. The zero-order valence-electron chi connectivity index (χ0n) is 10.4. The maximum atomic E-state index is 12.5. The molecule has 5 heteroatoms. The lowest BCUT2D eigenvalue weighted by Crippen LogP contribution is -2.16. The maximum Gasteiger partial charge on any atom is 0.194 e. The Bertz CT molecular complexity index is 683. The van der Waals surface area contributed by atoms with Gasteiger partial charge in [-0.3, -0.25) is 4.79 Å². The fourth-order valence-corrected chi connectivity index (χ4v) is 2.39. The lowest BCUT2D eigenvalue weighted by Gasteiger charge is -2.18. The molecule has 3 nitrogen and oxygen atoms in total. The molecule has 0 saturated heterocycles. The molecular weight excluding hydrogens is 299 g/mol. The molecule has 2 aromatic carbocycles. The molecule has 0 aliphatic carbocycles. The molecule has 1 aliphatic rings. The molecule has 0 saturated carbocycles. The van der Waals surface area contributed by atoms with Gasteiger partial charge in [0.1, 0.15) is 13.2 Å². The van der Waals surface area contributed by atoms with Crippen molar-refractivity contribution in [2.75, 3.05) is 13.2 Å². The highest BCUT2D eigenvalue weighted by Gasteiger charge is 2.18. The number of ether oxygens (including phenoxy) is 2. The smallest absolute Gasteiger partial charge is 0.194 e. The second-order valence-corrected chi connectivity index (χ2v) is 5.16. The van der Waals surface area contributed by atoms with Crippen molar-refractivity contribution in [2.24, 2.45) is 0 Å². The van der Waals surface area contributed by atoms with Crippen LogP contribution in [0.15, 0.2) is 36.4 Å². The summed E-state index contributed by atoms with van der Waals surface area (Å²) in [6.07, 6.45) is 0. The molecule has 102 valence electrons. The number of carbonyl (C=O) groups is 1. The van der Waals surface area contributed by atoms with Crippen molar-refractivity contribution in [2.45, 2.75) is 0 Å². The molecule has 2 aromatic rings. The minimum absolute atomic E-state index is 0.200. The molecule has 0 radical (unpaired) electrons. The van der Waals surface area contributed by atoms with Crippen molar-refractivity contribution >= 4 is 29.0 Å². The van der Waals surface area contributed by atoms with Gasteiger partial charge >= 0.3 is 0 Å². The van der Waals surface area contributed by atoms with E-state index < -0.39 is 0 Å². The van der Waals surface area contributed by atoms with Gasteiger partial charge in [-0.05, 0) is 36.4 Å². The highest BCUT2D eigenvalue weighted by molar-refractivity contribution is 6.36. The molecule has 0 bridgehead atoms. The largest absolute Gasteiger partial charge is 0.486 e. The van der Waals surface area contributed by atoms with Crippen molar-refractivity contribution in [3.05, 3.63) is 57.6 Å². The van der Waals surface area contributed by atoms with E-state index in [9.17, 15) is 4.79 Å². The normalized spacial score (nSPS) is 13.1. The van der Waals surface area contributed by atoms with E-state index in [1.54, 1.807) is 36.4 Å². The highest BCUT2D eigenvalue weighted by Crippen LogP contribution is 2.32. The minimum Gasteiger partial charge on any atom is -0.486 e. The Morgan fingerprint density at radius 1 is 0.950 bits per heavy atom. The Balaban J connectivity index is 2.00. The summed E-state index contributed by atoms with van der Waals surface area (Å²) in [5.74, 6) is 1.01. The number of hydrogen-bond acceptors (Lipinski definition) is 3. The van der Waals surface area contributed by atoms with Crippen LogP contribution in [0.2, 0.25) is 10.0 Å². The van der Waals surface area contributed by atoms with E-state index in [0.29, 0.717) is 45.9 Å². The van der Waals surface area contributed by atoms with Crippen LogP contribution in [-0.2, 0) is 0 Å². The van der Waals surface area contributed by atoms with Gasteiger partial charge in [0.2, 0.25) is 0 Å². The van der Waals surface area contributed by atoms with Crippen molar-refractivity contribution in [3.8, 4) is 11.5 Å². The van der Waals surface area contributed by atoms with Crippen molar-refractivity contribution in [1.29, 1.82) is 0 Å². The van der Waals surface area contributed by atoms with Gasteiger partial charge in [-0.25, -0.2) is 0 Å². The molecule has 3 rings (SSSR count). The third kappa shape index (κ3) is 2.47. The molecule has 20 heavy (non-hydrogen) atoms. The van der Waals surface area contributed by atoms with Crippen molar-refractivity contribution in [1.82, 2.24) is 0 Å². The van der Waals surface area contributed by atoms with Gasteiger partial charge < -0.3 is 9.47 Å². The Labute approximate surface area is 126 Å². The summed E-state index contributed by atoms with van der Waals surface area (Å²) in [6.45, 7) is 0.989. The van der Waals surface area contributed by atoms with Crippen molar-refractivity contribution in [3.63, 3.8) is 0 Å². The van der Waals surface area contributed by atoms with Crippen LogP contribution >= 0.6 is 23.2 Å². The third-order valence-electron chi connectivity index (χ3n) is 2.98. The first kappa shape index (κ1) is 13.3. The highest BCUT2D eigenvalue weighted by atomic mass is 35.5. The summed E-state index contributed by atoms with van der Waals surface area (Å²) in [4.78, 5) is 12.5. The zero-order chi connectivity index (χ0) is 14.1. The molecule has 0 atom stereocenters. The van der Waals surface area contributed by atoms with Crippen LogP contribution in [0, 0.1) is 0 Å². The summed E-state index contributed by atoms with van der Waals surface area (Å²) < 4.78 is 10.9. The molecule has 0 N–H and O–H groups in total. The van der Waals surface area contributed by atoms with E-state index in [2.05, 4.69) is 0 Å². The predicted octanol–water partition coefficient (Wildman–Crippen LogP) is 4.00. The number of halogens is 2. The molecule has 0 fully saturated rings. The molecular formula is C15H10Cl2O3. The quantitative estimate of drug-likeness (QED) is 0.787. The first-order valence-electron chi connectivity index (χ1n) is 6.04. The third-order valence-corrected chi connectivity index (χ3v) is 3.54. The topological polar surface area (TPSA) is 35.5 Å². The standard InChI is InChI=1S/C15H10Cl2O3/c16-10-2-3-12(17)11(8-10)15(18)9-1-4-13-14(7-9)20-6-5-19-13/h1-4,7-8H,5-6H2. The second kappa shape index (κ2) is 5.35. The average molecular weight is 309 g/mol. The van der Waals surface area contributed by atoms with E-state index in [0.717, 1.165) is 0 Å². The molecule has 0 amide bonds. The summed E-state index contributed by atoms with van der Waals surface area (Å²) in [5, 5.41) is 0.838. The number of rotatable bonds is 2. The van der Waals surface area contributed by atoms with Gasteiger partial charge in [-0.1, -0.05) is 23.2 Å². The number of hydrogen-bond donors (Lipinski definition) is 0. The fraction of sp³-hybridized carbons (Fsp3) is 0.133. The van der Waals surface area contributed by atoms with Crippen molar-refractivity contribution < 1.29 is 14.3 Å². The van der Waals surface area contributed by atoms with Gasteiger partial charge in [-0.2, -0.15) is 0 Å². The Morgan fingerprint density at radius 2 is 1.70 bits per heavy atom. The Morgan fingerprint density at radius 3 is 2.50 bits per heavy atom. The van der Waals surface area contributed by atoms with Gasteiger partial charge in [-0.15, -0.1) is 0 Å². The van der Waals surface area contributed by atoms with E-state index >= 15 is 0 Å². The van der Waals surface area contributed by atoms with Gasteiger partial charge in [0.05, 0.1) is 5.02 Å². The minimum atomic E-state index is -0.200. The van der Waals surface area contributed by atoms with Crippen LogP contribution in [0.4, 0.5) is 0 Å². The van der Waals surface area contributed by atoms with Crippen LogP contribution in [0.25, 0.3) is 0 Å². The van der Waals surface area contributed by atoms with Crippen LogP contribution in [0.3, 0.4) is 0 Å². The molecule has 0 aromatic heterocycles. The van der Waals surface area contributed by atoms with Crippen LogP contribution < -0.4 is 9.47 Å². The average Bonchev–Trinajstić information content (AvgIpc) is 2.48. The monoisotopic (exact) mass is 308 g/mol. The fourth-order valence-electron chi connectivity index (χ4n) is 2.01. The zero-order valence-corrected chi connectivity index (χ0v) is 11.9. The second-order valence-electron chi connectivity index (χ2n) is 4.31. The van der Waals surface area contributed by atoms with E-state index in [1.165, 1.54) is 0 Å². The Kier molecular flexibility index (Phi) is 3.55. The predicted molar refractivity (Wildman–Crippen MR) is 77.3 cm³/mol. The van der Waals surface area contributed by atoms with Crippen LogP contribution in [0.5, 0.6) is 11.5 Å². The lowest BCUT2D eigenvalue weighted by molar-refractivity contribution is 0.103. The number of carbonyl (C=O) groups excluding carboxylic acids is 1. The van der Waals surface area contributed by atoms with E-state index in [-0.39, 0.29) is 5.78 Å². The first-order valence-corrected chi connectivity index (χ1v) is 6.80. The van der Waals surface area contributed by atoms with Crippen LogP contribution in [-0.4, -0.2) is 19.0 Å². The SMILES string of the molecule is O=C(c1ccc2c(c1)OCCO2)c1cc(Cl)ccc1Cl. The summed E-state index contributed by atoms with van der Waals surface area (Å²) in [7, 11) is 0. The first-order chi connectivity index (χ1) is 9.65. The maximum absolute atomic E-state index is 12.5. The summed E-state index contributed by atoms with van der Waals surface area (Å²) >= 11 is 12.0. The van der Waals surface area contributed by atoms with Gasteiger partial charge in [0.15, 0.2) is 17.3 Å². The number of fused-ring (bicyclic) bond motifs is 1.